The molecule has 1 N–H and O–H groups in total. The van der Waals surface area contributed by atoms with Crippen LogP contribution in [0.4, 0.5) is 10.1 Å². The van der Waals surface area contributed by atoms with E-state index in [-0.39, 0.29) is 11.7 Å². The molecule has 26 heavy (non-hydrogen) atoms. The van der Waals surface area contributed by atoms with Crippen LogP contribution < -0.4 is 10.1 Å². The van der Waals surface area contributed by atoms with E-state index in [1.54, 1.807) is 36.7 Å². The maximum atomic E-state index is 12.9. The number of halogens is 1. The van der Waals surface area contributed by atoms with Gasteiger partial charge in [0.1, 0.15) is 18.2 Å². The van der Waals surface area contributed by atoms with Crippen LogP contribution in [0, 0.1) is 5.82 Å². The number of benzene rings is 2. The smallest absolute Gasteiger partial charge is 0.234 e. The molecule has 0 fully saturated rings. The molecule has 1 heterocycles. The van der Waals surface area contributed by atoms with Gasteiger partial charge >= 0.3 is 0 Å². The number of hydrogen-bond donors (Lipinski definition) is 1. The van der Waals surface area contributed by atoms with Crippen molar-refractivity contribution in [1.29, 1.82) is 0 Å². The van der Waals surface area contributed by atoms with Crippen LogP contribution in [0.15, 0.2) is 78.0 Å². The molecule has 6 heteroatoms. The van der Waals surface area contributed by atoms with Gasteiger partial charge in [0, 0.05) is 29.0 Å². The van der Waals surface area contributed by atoms with Crippen molar-refractivity contribution in [3.05, 3.63) is 84.4 Å². The number of rotatable bonds is 7. The fraction of sp³-hybridized carbons (Fsp3) is 0.100. The molecule has 0 unspecified atom stereocenters. The van der Waals surface area contributed by atoms with Crippen molar-refractivity contribution in [2.45, 2.75) is 11.5 Å². The molecule has 0 aliphatic heterocycles. The first-order chi connectivity index (χ1) is 12.7. The molecular formula is C20H17FN2O2S. The second kappa shape index (κ2) is 9.01. The topological polar surface area (TPSA) is 51.2 Å². The van der Waals surface area contributed by atoms with Gasteiger partial charge in [0.25, 0.3) is 0 Å². The van der Waals surface area contributed by atoms with Gasteiger partial charge in [0.05, 0.1) is 5.75 Å². The number of carbonyl (C=O) groups is 1. The van der Waals surface area contributed by atoms with Gasteiger partial charge < -0.3 is 10.1 Å². The molecule has 0 aliphatic rings. The minimum Gasteiger partial charge on any atom is -0.489 e. The summed E-state index contributed by atoms with van der Waals surface area (Å²) in [5.41, 5.74) is 1.54. The molecule has 1 amide bonds. The Morgan fingerprint density at radius 1 is 1.08 bits per heavy atom. The maximum Gasteiger partial charge on any atom is 0.234 e. The molecule has 1 aromatic heterocycles. The van der Waals surface area contributed by atoms with Crippen molar-refractivity contribution in [3.8, 4) is 5.75 Å². The number of nitrogens with one attached hydrogen (secondary N) is 1. The fourth-order valence-corrected chi connectivity index (χ4v) is 2.88. The second-order valence-electron chi connectivity index (χ2n) is 5.46. The standard InChI is InChI=1S/C20H17FN2O2S/c21-16-6-4-15(5-7-16)13-25-18-3-1-2-17(12-18)23-20(24)14-26-19-8-10-22-11-9-19/h1-12H,13-14H2,(H,23,24). The van der Waals surface area contributed by atoms with Gasteiger partial charge in [-0.2, -0.15) is 0 Å². The van der Waals surface area contributed by atoms with Crippen LogP contribution in [0.5, 0.6) is 5.75 Å². The second-order valence-corrected chi connectivity index (χ2v) is 6.51. The van der Waals surface area contributed by atoms with Crippen LogP contribution in [-0.2, 0) is 11.4 Å². The summed E-state index contributed by atoms with van der Waals surface area (Å²) < 4.78 is 18.6. The molecule has 0 aliphatic carbocycles. The highest BCUT2D eigenvalue weighted by Crippen LogP contribution is 2.20. The summed E-state index contributed by atoms with van der Waals surface area (Å²) in [7, 11) is 0. The van der Waals surface area contributed by atoms with E-state index in [0.717, 1.165) is 10.5 Å². The summed E-state index contributed by atoms with van der Waals surface area (Å²) in [5.74, 6) is 0.574. The summed E-state index contributed by atoms with van der Waals surface area (Å²) in [6.07, 6.45) is 3.39. The number of anilines is 1. The lowest BCUT2D eigenvalue weighted by molar-refractivity contribution is -0.113. The Balaban J connectivity index is 1.51. The molecule has 0 saturated carbocycles. The number of aromatic nitrogens is 1. The molecule has 132 valence electrons. The van der Waals surface area contributed by atoms with E-state index >= 15 is 0 Å². The van der Waals surface area contributed by atoms with Gasteiger partial charge in [-0.25, -0.2) is 4.39 Å². The van der Waals surface area contributed by atoms with Crippen LogP contribution >= 0.6 is 11.8 Å². The normalized spacial score (nSPS) is 10.3. The Kier molecular flexibility index (Phi) is 6.22. The van der Waals surface area contributed by atoms with Gasteiger partial charge in [0.15, 0.2) is 0 Å². The Bertz CT molecular complexity index is 857. The van der Waals surface area contributed by atoms with Crippen molar-refractivity contribution in [3.63, 3.8) is 0 Å². The fourth-order valence-electron chi connectivity index (χ4n) is 2.19. The summed E-state index contributed by atoms with van der Waals surface area (Å²) in [4.78, 5) is 17.0. The average Bonchev–Trinajstić information content (AvgIpc) is 2.67. The Morgan fingerprint density at radius 3 is 2.62 bits per heavy atom. The predicted octanol–water partition coefficient (Wildman–Crippen LogP) is 4.53. The lowest BCUT2D eigenvalue weighted by Crippen LogP contribution is -2.14. The first-order valence-electron chi connectivity index (χ1n) is 7.99. The highest BCUT2D eigenvalue weighted by atomic mass is 32.2. The van der Waals surface area contributed by atoms with Gasteiger partial charge in [-0.1, -0.05) is 18.2 Å². The summed E-state index contributed by atoms with van der Waals surface area (Å²) in [5, 5.41) is 2.85. The van der Waals surface area contributed by atoms with Gasteiger partial charge in [0.2, 0.25) is 5.91 Å². The molecule has 3 aromatic rings. The SMILES string of the molecule is O=C(CSc1ccncc1)Nc1cccc(OCc2ccc(F)cc2)c1. The Labute approximate surface area is 155 Å². The van der Waals surface area contributed by atoms with Crippen molar-refractivity contribution in [2.75, 3.05) is 11.1 Å². The molecule has 2 aromatic carbocycles. The van der Waals surface area contributed by atoms with Crippen LogP contribution in [0.25, 0.3) is 0 Å². The highest BCUT2D eigenvalue weighted by Gasteiger charge is 2.05. The van der Waals surface area contributed by atoms with Gasteiger partial charge in [-0.05, 0) is 42.0 Å². The van der Waals surface area contributed by atoms with Crippen molar-refractivity contribution < 1.29 is 13.9 Å². The van der Waals surface area contributed by atoms with E-state index in [4.69, 9.17) is 4.74 Å². The summed E-state index contributed by atoms with van der Waals surface area (Å²) >= 11 is 1.45. The van der Waals surface area contributed by atoms with E-state index in [0.29, 0.717) is 23.8 Å². The average molecular weight is 368 g/mol. The van der Waals surface area contributed by atoms with Crippen molar-refractivity contribution in [1.82, 2.24) is 4.98 Å². The van der Waals surface area contributed by atoms with Crippen LogP contribution in [-0.4, -0.2) is 16.6 Å². The number of nitrogens with zero attached hydrogens (tertiary/aromatic N) is 1. The summed E-state index contributed by atoms with van der Waals surface area (Å²) in [6, 6.07) is 17.1. The van der Waals surface area contributed by atoms with Gasteiger partial charge in [-0.3, -0.25) is 9.78 Å². The predicted molar refractivity (Wildman–Crippen MR) is 101 cm³/mol. The highest BCUT2D eigenvalue weighted by molar-refractivity contribution is 8.00. The lowest BCUT2D eigenvalue weighted by atomic mass is 10.2. The summed E-state index contributed by atoms with van der Waals surface area (Å²) in [6.45, 7) is 0.329. The number of amides is 1. The maximum absolute atomic E-state index is 12.9. The molecule has 0 spiro atoms. The lowest BCUT2D eigenvalue weighted by Gasteiger charge is -2.09. The number of pyridine rings is 1. The quantitative estimate of drug-likeness (QED) is 0.623. The van der Waals surface area contributed by atoms with E-state index in [1.165, 1.54) is 23.9 Å². The molecule has 0 saturated heterocycles. The zero-order valence-corrected chi connectivity index (χ0v) is 14.7. The minimum atomic E-state index is -0.275. The third kappa shape index (κ3) is 5.60. The molecule has 0 radical (unpaired) electrons. The number of thioether (sulfide) groups is 1. The first kappa shape index (κ1) is 17.9. The largest absolute Gasteiger partial charge is 0.489 e. The Morgan fingerprint density at radius 2 is 1.85 bits per heavy atom. The number of hydrogen-bond acceptors (Lipinski definition) is 4. The first-order valence-corrected chi connectivity index (χ1v) is 8.97. The van der Waals surface area contributed by atoms with Crippen molar-refractivity contribution >= 4 is 23.4 Å². The van der Waals surface area contributed by atoms with Crippen LogP contribution in [0.3, 0.4) is 0 Å². The van der Waals surface area contributed by atoms with Crippen molar-refractivity contribution in [2.24, 2.45) is 0 Å². The molecular weight excluding hydrogens is 351 g/mol. The number of ether oxygens (including phenoxy) is 1. The monoisotopic (exact) mass is 368 g/mol. The van der Waals surface area contributed by atoms with Crippen LogP contribution in [0.1, 0.15) is 5.56 Å². The minimum absolute atomic E-state index is 0.0949. The molecule has 4 nitrogen and oxygen atoms in total. The molecule has 0 atom stereocenters. The van der Waals surface area contributed by atoms with E-state index < -0.39 is 0 Å². The Hall–Kier alpha value is -2.86. The zero-order chi connectivity index (χ0) is 18.2. The van der Waals surface area contributed by atoms with E-state index in [1.807, 2.05) is 24.3 Å². The van der Waals surface area contributed by atoms with E-state index in [9.17, 15) is 9.18 Å². The zero-order valence-electron chi connectivity index (χ0n) is 13.9. The molecule has 3 rings (SSSR count). The van der Waals surface area contributed by atoms with Crippen LogP contribution in [0.2, 0.25) is 0 Å². The third-order valence-electron chi connectivity index (χ3n) is 3.46. The number of carbonyl (C=O) groups excluding carboxylic acids is 1. The van der Waals surface area contributed by atoms with Gasteiger partial charge in [-0.15, -0.1) is 11.8 Å². The third-order valence-corrected chi connectivity index (χ3v) is 4.47. The molecule has 0 bridgehead atoms. The van der Waals surface area contributed by atoms with E-state index in [2.05, 4.69) is 10.3 Å².